The minimum absolute atomic E-state index is 0.142. The summed E-state index contributed by atoms with van der Waals surface area (Å²) in [5.41, 5.74) is 3.96. The molecular weight excluding hydrogens is 322 g/mol. The smallest absolute Gasteiger partial charge is 0.243 e. The third kappa shape index (κ3) is 2.67. The van der Waals surface area contributed by atoms with E-state index in [1.165, 1.54) is 10.8 Å². The average Bonchev–Trinajstić information content (AvgIpc) is 3.26. The topological polar surface area (TPSA) is 63.1 Å². The third-order valence-corrected chi connectivity index (χ3v) is 5.03. The van der Waals surface area contributed by atoms with Gasteiger partial charge in [0.15, 0.2) is 0 Å². The Kier molecular flexibility index (Phi) is 3.78. The summed E-state index contributed by atoms with van der Waals surface area (Å²) in [6.07, 6.45) is 3.12. The van der Waals surface area contributed by atoms with Crippen LogP contribution >= 0.6 is 11.3 Å². The number of carbonyl (C=O) groups is 1. The Labute approximate surface area is 143 Å². The van der Waals surface area contributed by atoms with Crippen molar-refractivity contribution >= 4 is 39.0 Å². The van der Waals surface area contributed by atoms with Gasteiger partial charge in [-0.15, -0.1) is 11.3 Å². The molecule has 1 aromatic carbocycles. The van der Waals surface area contributed by atoms with Crippen molar-refractivity contribution in [3.63, 3.8) is 0 Å². The largest absolute Gasteiger partial charge is 0.352 e. The molecule has 1 aliphatic rings. The number of rotatable bonds is 4. The molecule has 0 radical (unpaired) electrons. The molecule has 7 heteroatoms. The zero-order valence-electron chi connectivity index (χ0n) is 13.1. The number of thiazole rings is 1. The van der Waals surface area contributed by atoms with Gasteiger partial charge in [0.1, 0.15) is 5.82 Å². The molecule has 122 valence electrons. The lowest BCUT2D eigenvalue weighted by molar-refractivity contribution is -0.116. The number of nitrogens with zero attached hydrogens (tertiary/aromatic N) is 4. The van der Waals surface area contributed by atoms with Gasteiger partial charge < -0.3 is 10.2 Å². The fraction of sp³-hybridized carbons (Fsp3) is 0.235. The zero-order chi connectivity index (χ0) is 16.5. The molecule has 0 spiro atoms. The van der Waals surface area contributed by atoms with E-state index in [0.29, 0.717) is 6.54 Å². The van der Waals surface area contributed by atoms with E-state index >= 15 is 0 Å². The van der Waals surface area contributed by atoms with E-state index in [1.54, 1.807) is 11.3 Å². The van der Waals surface area contributed by atoms with Gasteiger partial charge in [0.05, 0.1) is 21.9 Å². The number of aromatic nitrogens is 3. The van der Waals surface area contributed by atoms with Crippen molar-refractivity contribution < 1.29 is 4.79 Å². The molecule has 0 bridgehead atoms. The van der Waals surface area contributed by atoms with Gasteiger partial charge in [-0.1, -0.05) is 6.58 Å². The second-order valence-corrected chi connectivity index (χ2v) is 6.69. The molecule has 3 heterocycles. The van der Waals surface area contributed by atoms with Crippen LogP contribution in [0.25, 0.3) is 10.2 Å². The molecule has 0 fully saturated rings. The van der Waals surface area contributed by atoms with Gasteiger partial charge in [-0.3, -0.25) is 4.79 Å². The first-order valence-electron chi connectivity index (χ1n) is 7.77. The number of hydrogen-bond acceptors (Lipinski definition) is 5. The summed E-state index contributed by atoms with van der Waals surface area (Å²) in [6.45, 7) is 5.69. The summed E-state index contributed by atoms with van der Waals surface area (Å²) < 4.78 is 3.17. The number of carbonyl (C=O) groups excluding carboxylic acids is 1. The molecule has 1 aliphatic heterocycles. The molecule has 1 N–H and O–H groups in total. The van der Waals surface area contributed by atoms with Crippen molar-refractivity contribution in [3.05, 3.63) is 48.6 Å². The molecule has 1 unspecified atom stereocenters. The lowest BCUT2D eigenvalue weighted by Crippen LogP contribution is -2.41. The Bertz CT molecular complexity index is 899. The van der Waals surface area contributed by atoms with Gasteiger partial charge in [-0.05, 0) is 24.3 Å². The Hall–Kier alpha value is -2.67. The van der Waals surface area contributed by atoms with Crippen molar-refractivity contribution in [2.45, 2.75) is 6.54 Å². The first-order valence-corrected chi connectivity index (χ1v) is 8.65. The highest BCUT2D eigenvalue weighted by molar-refractivity contribution is 7.16. The van der Waals surface area contributed by atoms with E-state index in [2.05, 4.69) is 45.1 Å². The predicted octanol–water partition coefficient (Wildman–Crippen LogP) is 2.56. The Morgan fingerprint density at radius 3 is 3.21 bits per heavy atom. The van der Waals surface area contributed by atoms with E-state index in [4.69, 9.17) is 0 Å². The molecule has 6 nitrogen and oxygen atoms in total. The Morgan fingerprint density at radius 2 is 2.33 bits per heavy atom. The molecule has 1 atom stereocenters. The van der Waals surface area contributed by atoms with Crippen LogP contribution in [0.1, 0.15) is 0 Å². The lowest BCUT2D eigenvalue weighted by Gasteiger charge is -2.34. The third-order valence-electron chi connectivity index (χ3n) is 4.22. The van der Waals surface area contributed by atoms with Gasteiger partial charge in [-0.2, -0.15) is 5.10 Å². The van der Waals surface area contributed by atoms with Gasteiger partial charge >= 0.3 is 0 Å². The van der Waals surface area contributed by atoms with Crippen molar-refractivity contribution in [1.82, 2.24) is 20.1 Å². The molecule has 24 heavy (non-hydrogen) atoms. The Morgan fingerprint density at radius 1 is 1.42 bits per heavy atom. The second kappa shape index (κ2) is 6.09. The summed E-state index contributed by atoms with van der Waals surface area (Å²) in [5.74, 6) is 1.19. The maximum Gasteiger partial charge on any atom is 0.243 e. The Balaban J connectivity index is 1.63. The average molecular weight is 339 g/mol. The van der Waals surface area contributed by atoms with E-state index in [9.17, 15) is 4.79 Å². The number of anilines is 2. The van der Waals surface area contributed by atoms with E-state index in [0.717, 1.165) is 30.1 Å². The van der Waals surface area contributed by atoms with Crippen LogP contribution in [0.4, 0.5) is 11.5 Å². The summed E-state index contributed by atoms with van der Waals surface area (Å²) in [6, 6.07) is 8.34. The highest BCUT2D eigenvalue weighted by atomic mass is 32.1. The molecule has 2 aromatic heterocycles. The lowest BCUT2D eigenvalue weighted by atomic mass is 10.1. The highest BCUT2D eigenvalue weighted by Crippen LogP contribution is 2.33. The number of fused-ring (bicyclic) bond motifs is 2. The number of hydrogen-bond donors (Lipinski definition) is 1. The van der Waals surface area contributed by atoms with Crippen LogP contribution in [0.2, 0.25) is 0 Å². The second-order valence-electron chi connectivity index (χ2n) is 5.80. The summed E-state index contributed by atoms with van der Waals surface area (Å²) in [7, 11) is 0. The zero-order valence-corrected chi connectivity index (χ0v) is 13.9. The first kappa shape index (κ1) is 14.9. The molecule has 3 aromatic rings. The van der Waals surface area contributed by atoms with E-state index in [1.807, 2.05) is 22.5 Å². The molecule has 4 rings (SSSR count). The van der Waals surface area contributed by atoms with E-state index < -0.39 is 0 Å². The minimum Gasteiger partial charge on any atom is -0.352 e. The fourth-order valence-electron chi connectivity index (χ4n) is 3.05. The fourth-order valence-corrected chi connectivity index (χ4v) is 3.71. The normalized spacial score (nSPS) is 16.8. The maximum absolute atomic E-state index is 11.4. The standard InChI is InChI=1S/C17H17N5OS/c1-2-16(23)18-8-12-9-21(17-5-6-20-22(17)10-12)13-3-4-15-14(7-13)19-11-24-15/h2-7,11-12H,1,8-10H2,(H,18,23). The highest BCUT2D eigenvalue weighted by Gasteiger charge is 2.26. The molecule has 0 saturated heterocycles. The van der Waals surface area contributed by atoms with Gasteiger partial charge in [-0.25, -0.2) is 9.67 Å². The number of benzene rings is 1. The van der Waals surface area contributed by atoms with Crippen LogP contribution in [-0.2, 0) is 11.3 Å². The van der Waals surface area contributed by atoms with Crippen molar-refractivity contribution in [2.24, 2.45) is 5.92 Å². The van der Waals surface area contributed by atoms with Gasteiger partial charge in [0.2, 0.25) is 5.91 Å². The van der Waals surface area contributed by atoms with Gasteiger partial charge in [0.25, 0.3) is 0 Å². The molecule has 0 saturated carbocycles. The monoisotopic (exact) mass is 339 g/mol. The molecule has 0 aliphatic carbocycles. The molecule has 1 amide bonds. The maximum atomic E-state index is 11.4. The molecular formula is C17H17N5OS. The van der Waals surface area contributed by atoms with Crippen LogP contribution in [0, 0.1) is 5.92 Å². The first-order chi connectivity index (χ1) is 11.7. The summed E-state index contributed by atoms with van der Waals surface area (Å²) >= 11 is 1.64. The number of amides is 1. The quantitative estimate of drug-likeness (QED) is 0.742. The van der Waals surface area contributed by atoms with Crippen LogP contribution in [0.15, 0.2) is 48.6 Å². The van der Waals surface area contributed by atoms with Crippen LogP contribution in [0.3, 0.4) is 0 Å². The number of nitrogens with one attached hydrogen (secondary N) is 1. The van der Waals surface area contributed by atoms with Gasteiger partial charge in [0, 0.05) is 37.3 Å². The summed E-state index contributed by atoms with van der Waals surface area (Å²) in [5, 5.41) is 7.30. The summed E-state index contributed by atoms with van der Waals surface area (Å²) in [4.78, 5) is 18.1. The SMILES string of the molecule is C=CC(=O)NCC1CN(c2ccc3scnc3c2)c2ccnn2C1. The van der Waals surface area contributed by atoms with Crippen LogP contribution in [0.5, 0.6) is 0 Å². The van der Waals surface area contributed by atoms with Crippen molar-refractivity contribution in [2.75, 3.05) is 18.0 Å². The van der Waals surface area contributed by atoms with Crippen molar-refractivity contribution in [3.8, 4) is 0 Å². The van der Waals surface area contributed by atoms with Crippen LogP contribution < -0.4 is 10.2 Å². The van der Waals surface area contributed by atoms with Crippen LogP contribution in [-0.4, -0.2) is 33.8 Å². The predicted molar refractivity (Wildman–Crippen MR) is 95.5 cm³/mol. The van der Waals surface area contributed by atoms with Crippen molar-refractivity contribution in [1.29, 1.82) is 0 Å². The van der Waals surface area contributed by atoms with E-state index in [-0.39, 0.29) is 11.8 Å². The minimum atomic E-state index is -0.142.